The number of hydrogen-bond donors (Lipinski definition) is 2. The Morgan fingerprint density at radius 1 is 0.919 bits per heavy atom. The average molecular weight is 505 g/mol. The van der Waals surface area contributed by atoms with Gasteiger partial charge < -0.3 is 29.6 Å². The van der Waals surface area contributed by atoms with Gasteiger partial charge in [-0.15, -0.1) is 5.10 Å². The molecule has 0 bridgehead atoms. The van der Waals surface area contributed by atoms with Crippen LogP contribution in [0.4, 0.5) is 11.5 Å². The van der Waals surface area contributed by atoms with Gasteiger partial charge >= 0.3 is 0 Å². The number of ether oxygens (including phenoxy) is 4. The molecule has 0 saturated carbocycles. The maximum atomic E-state index is 13.0. The molecule has 11 heteroatoms. The van der Waals surface area contributed by atoms with Crippen molar-refractivity contribution in [2.75, 3.05) is 33.8 Å². The van der Waals surface area contributed by atoms with Crippen LogP contribution < -0.4 is 29.6 Å². The van der Waals surface area contributed by atoms with Crippen LogP contribution in [0.3, 0.4) is 0 Å². The summed E-state index contributed by atoms with van der Waals surface area (Å²) in [6, 6.07) is 14.3. The van der Waals surface area contributed by atoms with Crippen LogP contribution in [0.1, 0.15) is 21.6 Å². The second kappa shape index (κ2) is 11.8. The zero-order valence-electron chi connectivity index (χ0n) is 21.0. The van der Waals surface area contributed by atoms with Gasteiger partial charge in [-0.3, -0.25) is 4.79 Å². The third-order valence-electron chi connectivity index (χ3n) is 5.49. The molecule has 2 aromatic carbocycles. The SMILES string of the molecule is COc1cc(Cn2cc(CNC(=O)c3cccnc3Nc3ccc(OC)cc3OC)nn2)cc(OC)c1. The first kappa shape index (κ1) is 25.3. The number of nitrogens with zero attached hydrogens (tertiary/aromatic N) is 4. The van der Waals surface area contributed by atoms with E-state index in [0.717, 1.165) is 5.56 Å². The summed E-state index contributed by atoms with van der Waals surface area (Å²) < 4.78 is 23.0. The number of carbonyl (C=O) groups is 1. The number of methoxy groups -OCH3 is 4. The number of pyridine rings is 1. The molecule has 2 aromatic heterocycles. The Morgan fingerprint density at radius 2 is 1.68 bits per heavy atom. The fourth-order valence-electron chi connectivity index (χ4n) is 3.63. The number of benzene rings is 2. The van der Waals surface area contributed by atoms with Gasteiger partial charge in [-0.05, 0) is 42.0 Å². The summed E-state index contributed by atoms with van der Waals surface area (Å²) in [6.07, 6.45) is 3.38. The molecule has 0 aliphatic carbocycles. The van der Waals surface area contributed by atoms with Gasteiger partial charge in [0.05, 0.1) is 59.0 Å². The lowest BCUT2D eigenvalue weighted by Crippen LogP contribution is -2.24. The van der Waals surface area contributed by atoms with Gasteiger partial charge in [-0.25, -0.2) is 9.67 Å². The molecule has 0 aliphatic rings. The summed E-state index contributed by atoms with van der Waals surface area (Å²) in [6.45, 7) is 0.662. The molecule has 4 rings (SSSR count). The molecule has 4 aromatic rings. The van der Waals surface area contributed by atoms with Crippen LogP contribution in [0, 0.1) is 0 Å². The lowest BCUT2D eigenvalue weighted by Gasteiger charge is -2.14. The number of nitrogens with one attached hydrogen (secondary N) is 2. The molecule has 0 fully saturated rings. The van der Waals surface area contributed by atoms with Gasteiger partial charge in [-0.1, -0.05) is 5.21 Å². The molecule has 0 atom stereocenters. The first-order valence-corrected chi connectivity index (χ1v) is 11.4. The number of rotatable bonds is 11. The lowest BCUT2D eigenvalue weighted by atomic mass is 10.2. The highest BCUT2D eigenvalue weighted by Gasteiger charge is 2.15. The Bertz CT molecular complexity index is 1350. The van der Waals surface area contributed by atoms with Crippen molar-refractivity contribution in [3.05, 3.63) is 77.7 Å². The van der Waals surface area contributed by atoms with Gasteiger partial charge in [0.1, 0.15) is 34.5 Å². The van der Waals surface area contributed by atoms with Crippen molar-refractivity contribution in [1.82, 2.24) is 25.3 Å². The Hall–Kier alpha value is -4.80. The van der Waals surface area contributed by atoms with E-state index in [-0.39, 0.29) is 12.5 Å². The Kier molecular flexibility index (Phi) is 8.04. The maximum absolute atomic E-state index is 13.0. The minimum Gasteiger partial charge on any atom is -0.497 e. The van der Waals surface area contributed by atoms with E-state index < -0.39 is 0 Å². The van der Waals surface area contributed by atoms with Crippen LogP contribution in [0.25, 0.3) is 0 Å². The fourth-order valence-corrected chi connectivity index (χ4v) is 3.63. The highest BCUT2D eigenvalue weighted by Crippen LogP contribution is 2.31. The zero-order chi connectivity index (χ0) is 26.2. The number of aromatic nitrogens is 4. The number of amides is 1. The summed E-state index contributed by atoms with van der Waals surface area (Å²) in [5.74, 6) is 2.67. The van der Waals surface area contributed by atoms with E-state index in [9.17, 15) is 4.79 Å². The molecule has 0 aliphatic heterocycles. The Labute approximate surface area is 214 Å². The fraction of sp³-hybridized carbons (Fsp3) is 0.231. The number of anilines is 2. The van der Waals surface area contributed by atoms with E-state index in [1.54, 1.807) is 81.9 Å². The van der Waals surface area contributed by atoms with Crippen LogP contribution in [0.15, 0.2) is 60.9 Å². The minimum atomic E-state index is -0.310. The van der Waals surface area contributed by atoms with Gasteiger partial charge in [0.15, 0.2) is 0 Å². The van der Waals surface area contributed by atoms with E-state index in [2.05, 4.69) is 25.9 Å². The van der Waals surface area contributed by atoms with Gasteiger partial charge in [0, 0.05) is 18.3 Å². The second-order valence-electron chi connectivity index (χ2n) is 7.90. The van der Waals surface area contributed by atoms with Gasteiger partial charge in [0.2, 0.25) is 0 Å². The molecular weight excluding hydrogens is 476 g/mol. The predicted octanol–water partition coefficient (Wildman–Crippen LogP) is 3.43. The maximum Gasteiger partial charge on any atom is 0.255 e. The normalized spacial score (nSPS) is 10.5. The van der Waals surface area contributed by atoms with Crippen LogP contribution >= 0.6 is 0 Å². The largest absolute Gasteiger partial charge is 0.497 e. The van der Waals surface area contributed by atoms with E-state index in [1.165, 1.54) is 0 Å². The van der Waals surface area contributed by atoms with Crippen molar-refractivity contribution in [3.63, 3.8) is 0 Å². The monoisotopic (exact) mass is 504 g/mol. The van der Waals surface area contributed by atoms with Gasteiger partial charge in [0.25, 0.3) is 5.91 Å². The minimum absolute atomic E-state index is 0.195. The van der Waals surface area contributed by atoms with Crippen molar-refractivity contribution in [3.8, 4) is 23.0 Å². The summed E-state index contributed by atoms with van der Waals surface area (Å²) in [5, 5.41) is 14.4. The Morgan fingerprint density at radius 3 is 2.38 bits per heavy atom. The van der Waals surface area contributed by atoms with E-state index in [0.29, 0.717) is 52.3 Å². The summed E-state index contributed by atoms with van der Waals surface area (Å²) in [4.78, 5) is 17.3. The van der Waals surface area contributed by atoms with Crippen LogP contribution in [-0.4, -0.2) is 54.3 Å². The van der Waals surface area contributed by atoms with Crippen molar-refractivity contribution < 1.29 is 23.7 Å². The number of carbonyl (C=O) groups excluding carboxylic acids is 1. The molecule has 192 valence electrons. The third kappa shape index (κ3) is 6.26. The smallest absolute Gasteiger partial charge is 0.255 e. The molecule has 0 unspecified atom stereocenters. The summed E-state index contributed by atoms with van der Waals surface area (Å²) in [7, 11) is 6.35. The first-order chi connectivity index (χ1) is 18.0. The highest BCUT2D eigenvalue weighted by atomic mass is 16.5. The van der Waals surface area contributed by atoms with E-state index in [1.807, 2.05) is 12.1 Å². The average Bonchev–Trinajstić information content (AvgIpc) is 3.38. The Balaban J connectivity index is 1.42. The molecular formula is C26H28N6O5. The molecule has 0 spiro atoms. The molecule has 1 amide bonds. The van der Waals surface area contributed by atoms with Crippen LogP contribution in [-0.2, 0) is 13.1 Å². The van der Waals surface area contributed by atoms with Crippen LogP contribution in [0.5, 0.6) is 23.0 Å². The van der Waals surface area contributed by atoms with Crippen molar-refractivity contribution in [1.29, 1.82) is 0 Å². The van der Waals surface area contributed by atoms with Crippen molar-refractivity contribution in [2.24, 2.45) is 0 Å². The van der Waals surface area contributed by atoms with E-state index in [4.69, 9.17) is 18.9 Å². The highest BCUT2D eigenvalue weighted by molar-refractivity contribution is 5.99. The zero-order valence-corrected chi connectivity index (χ0v) is 21.0. The second-order valence-corrected chi connectivity index (χ2v) is 7.90. The van der Waals surface area contributed by atoms with Crippen molar-refractivity contribution in [2.45, 2.75) is 13.1 Å². The topological polar surface area (TPSA) is 122 Å². The molecule has 0 saturated heterocycles. The molecule has 2 N–H and O–H groups in total. The predicted molar refractivity (Wildman–Crippen MR) is 137 cm³/mol. The molecule has 11 nitrogen and oxygen atoms in total. The van der Waals surface area contributed by atoms with Crippen molar-refractivity contribution >= 4 is 17.4 Å². The summed E-state index contributed by atoms with van der Waals surface area (Å²) in [5.41, 5.74) is 2.57. The van der Waals surface area contributed by atoms with Crippen LogP contribution in [0.2, 0.25) is 0 Å². The molecule has 2 heterocycles. The van der Waals surface area contributed by atoms with Gasteiger partial charge in [-0.2, -0.15) is 0 Å². The standard InChI is InChI=1S/C26H28N6O5/c1-34-19-7-8-23(24(13-19)37-4)29-25-22(6-5-9-27-25)26(33)28-14-18-16-32(31-30-18)15-17-10-20(35-2)12-21(11-17)36-3/h5-13,16H,14-15H2,1-4H3,(H,27,29)(H,28,33). The van der Waals surface area contributed by atoms with E-state index >= 15 is 0 Å². The molecule has 0 radical (unpaired) electrons. The number of hydrogen-bond acceptors (Lipinski definition) is 9. The first-order valence-electron chi connectivity index (χ1n) is 11.4. The third-order valence-corrected chi connectivity index (χ3v) is 5.49. The lowest BCUT2D eigenvalue weighted by molar-refractivity contribution is 0.0951. The summed E-state index contributed by atoms with van der Waals surface area (Å²) >= 11 is 0. The quantitative estimate of drug-likeness (QED) is 0.316. The molecule has 37 heavy (non-hydrogen) atoms.